The van der Waals surface area contributed by atoms with Crippen LogP contribution >= 0.6 is 22.9 Å². The van der Waals surface area contributed by atoms with Gasteiger partial charge in [-0.2, -0.15) is 23.4 Å². The van der Waals surface area contributed by atoms with Crippen LogP contribution in [0.1, 0.15) is 119 Å². The van der Waals surface area contributed by atoms with E-state index in [4.69, 9.17) is 11.6 Å². The zero-order valence-corrected chi connectivity index (χ0v) is 50.4. The fraction of sp³-hybridized carbons (Fsp3) is 0.642. The van der Waals surface area contributed by atoms with E-state index in [0.29, 0.717) is 28.3 Å². The Bertz CT molecular complexity index is 3680. The van der Waals surface area contributed by atoms with Crippen LogP contribution in [-0.4, -0.2) is 129 Å². The highest BCUT2D eigenvalue weighted by Gasteiger charge is 2.44. The van der Waals surface area contributed by atoms with Gasteiger partial charge in [-0.1, -0.05) is 11.6 Å². The number of fused-ring (bicyclic) bond motifs is 5. The number of carbonyl (C=O) groups excluding carboxylic acids is 4. The van der Waals surface area contributed by atoms with Crippen LogP contribution in [0.25, 0.3) is 0 Å². The number of urea groups is 1. The van der Waals surface area contributed by atoms with E-state index in [9.17, 15) is 61.1 Å². The summed E-state index contributed by atoms with van der Waals surface area (Å²) in [5.41, 5.74) is 0.460. The van der Waals surface area contributed by atoms with Gasteiger partial charge in [0.1, 0.15) is 22.7 Å². The van der Waals surface area contributed by atoms with Crippen LogP contribution in [0.4, 0.5) is 18.0 Å². The molecule has 5 aromatic heterocycles. The lowest BCUT2D eigenvalue weighted by atomic mass is 9.93. The predicted molar refractivity (Wildman–Crippen MR) is 303 cm³/mol. The van der Waals surface area contributed by atoms with Gasteiger partial charge in [-0.05, 0) is 120 Å². The molecule has 0 aromatic carbocycles. The van der Waals surface area contributed by atoms with E-state index >= 15 is 0 Å². The molecule has 5 aromatic rings. The summed E-state index contributed by atoms with van der Waals surface area (Å²) in [6, 6.07) is 0.127. The third-order valence-corrected chi connectivity index (χ3v) is 17.2. The number of halogens is 4. The fourth-order valence-corrected chi connectivity index (χ4v) is 12.1. The maximum atomic E-state index is 12.2. The molecule has 2 saturated heterocycles. The Labute approximate surface area is 488 Å². The van der Waals surface area contributed by atoms with Gasteiger partial charge in [-0.25, -0.2) is 47.3 Å². The number of alkyl halides is 3. The van der Waals surface area contributed by atoms with Crippen molar-refractivity contribution in [3.63, 3.8) is 0 Å². The van der Waals surface area contributed by atoms with Gasteiger partial charge in [0.25, 0.3) is 23.3 Å². The topological polar surface area (TPSA) is 268 Å². The lowest BCUT2D eigenvalue weighted by Gasteiger charge is -2.25. The van der Waals surface area contributed by atoms with Gasteiger partial charge >= 0.3 is 39.8 Å². The zero-order chi connectivity index (χ0) is 61.5. The fourth-order valence-electron chi connectivity index (χ4n) is 11.1. The smallest absolute Gasteiger partial charge is 0.312 e. The van der Waals surface area contributed by atoms with E-state index in [1.54, 1.807) is 47.0 Å². The molecule has 13 rings (SSSR count). The number of likely N-dealkylation sites (N-methyl/N-ethyl adjacent to an activating group) is 2. The van der Waals surface area contributed by atoms with Gasteiger partial charge in [0.15, 0.2) is 0 Å². The Hall–Kier alpha value is -7.37. The summed E-state index contributed by atoms with van der Waals surface area (Å²) in [5, 5.41) is 9.29. The molecule has 84 heavy (non-hydrogen) atoms. The molecule has 1 unspecified atom stereocenters. The first kappa shape index (κ1) is 64.2. The highest BCUT2D eigenvalue weighted by molar-refractivity contribution is 7.06. The molecular weight excluding hydrogens is 1150 g/mol. The average Bonchev–Trinajstić information content (AvgIpc) is 3.53. The summed E-state index contributed by atoms with van der Waals surface area (Å²) in [4.78, 5) is 122. The number of amides is 5. The average molecular weight is 1220 g/mol. The van der Waals surface area contributed by atoms with Gasteiger partial charge in [0.2, 0.25) is 4.80 Å². The standard InChI is InChI=1S/C9H11NO2.C8H11ClN2.C8H12N2O2.C7H7F3N2O2.C7H11N3O2.C7H11N3OS.C7H11N3O/c1-10-8(11)6-4-2-3-5-7(6)9(10)12;1-11-8(9)6-4-2-3-5-7(6)10-11;1-9-7(11)6-4-2-3-5-10(6)8(9)12;1-11-4(7(8,9)10)3-5(13)12(2)6(11)14;1-8-6(11)9-4-2-3-5-10(9)7(8)12;1-8-6-9-4-2-3-5-10(9)7(11)12-6;1-9-7(11)10-5-3-2-4-6(10)8-9/h2-5H2,1H3;2-5H2,1H3;6H,2-5H2,1H3;3H,1-2H3;2*2-5H2,1H3;2-5H2,1H3. The quantitative estimate of drug-likeness (QED) is 0.160. The second kappa shape index (κ2) is 27.6. The number of rotatable bonds is 0. The highest BCUT2D eigenvalue weighted by Crippen LogP contribution is 2.32. The summed E-state index contributed by atoms with van der Waals surface area (Å²) in [7, 11) is 12.0. The van der Waals surface area contributed by atoms with Crippen molar-refractivity contribution >= 4 is 46.7 Å². The molecule has 11 heterocycles. The van der Waals surface area contributed by atoms with Crippen LogP contribution in [-0.2, 0) is 108 Å². The van der Waals surface area contributed by atoms with Crippen LogP contribution in [0, 0.1) is 0 Å². The normalized spacial score (nSPS) is 18.7. The second-order valence-corrected chi connectivity index (χ2v) is 22.6. The molecule has 0 bridgehead atoms. The zero-order valence-electron chi connectivity index (χ0n) is 48.8. The third kappa shape index (κ3) is 13.9. The first-order valence-electron chi connectivity index (χ1n) is 28.2. The van der Waals surface area contributed by atoms with Gasteiger partial charge < -0.3 is 4.90 Å². The van der Waals surface area contributed by atoms with Crippen molar-refractivity contribution in [2.45, 2.75) is 161 Å². The summed E-state index contributed by atoms with van der Waals surface area (Å²) >= 11 is 7.26. The van der Waals surface area contributed by atoms with Crippen LogP contribution in [0.3, 0.4) is 0 Å². The van der Waals surface area contributed by atoms with E-state index in [2.05, 4.69) is 15.2 Å². The largest absolute Gasteiger partial charge is 0.431 e. The van der Waals surface area contributed by atoms with Gasteiger partial charge in [0.05, 0.1) is 5.69 Å². The van der Waals surface area contributed by atoms with Gasteiger partial charge in [-0.3, -0.25) is 61.8 Å². The lowest BCUT2D eigenvalue weighted by molar-refractivity contribution is -0.144. The number of imide groups is 2. The van der Waals surface area contributed by atoms with Crippen molar-refractivity contribution in [1.29, 1.82) is 0 Å². The molecule has 31 heteroatoms. The number of hydrogen-bond acceptors (Lipinski definition) is 14. The van der Waals surface area contributed by atoms with Crippen LogP contribution in [0.2, 0.25) is 5.15 Å². The molecule has 2 aliphatic carbocycles. The molecule has 26 nitrogen and oxygen atoms in total. The number of carbonyl (C=O) groups is 4. The van der Waals surface area contributed by atoms with E-state index in [1.165, 1.54) is 66.3 Å². The monoisotopic (exact) mass is 1220 g/mol. The summed E-state index contributed by atoms with van der Waals surface area (Å²) in [6.07, 6.45) is 14.1. The summed E-state index contributed by atoms with van der Waals surface area (Å²) in [6.45, 7) is 4.74. The molecule has 0 N–H and O–H groups in total. The predicted octanol–water partition coefficient (Wildman–Crippen LogP) is 2.44. The second-order valence-electron chi connectivity index (χ2n) is 21.4. The lowest BCUT2D eigenvalue weighted by Crippen LogP contribution is -2.39. The van der Waals surface area contributed by atoms with Gasteiger partial charge in [-0.15, -0.1) is 0 Å². The maximum Gasteiger partial charge on any atom is 0.431 e. The minimum Gasteiger partial charge on any atom is -0.312 e. The molecule has 460 valence electrons. The number of piperidine rings is 1. The van der Waals surface area contributed by atoms with Crippen molar-refractivity contribution in [3.05, 3.63) is 112 Å². The molecule has 8 aliphatic rings. The SMILES string of the molecule is CN1C(=O)C2=C(CCCC2)C1=O.CN1C(=O)C2CCCCN2C1=O.CN=c1sc(=O)n2n1CCCC2.Cn1c(=O)n2n(c1=O)CCCC2.Cn1c(C(F)(F)F)cc(=O)n(C)c1=O.Cn1nc2c(c1Cl)CCCC2.Cn1nc2n(c1=O)CCCC2. The van der Waals surface area contributed by atoms with E-state index in [1.807, 2.05) is 11.7 Å². The Balaban J connectivity index is 0.000000141. The minimum absolute atomic E-state index is 0.0275. The third-order valence-electron chi connectivity index (χ3n) is 15.8. The molecular formula is C53H74ClF3N16O10S. The summed E-state index contributed by atoms with van der Waals surface area (Å²) < 4.78 is 50.6. The number of hydrogen-bond donors (Lipinski definition) is 0. The van der Waals surface area contributed by atoms with Crippen LogP contribution in [0.5, 0.6) is 0 Å². The first-order valence-corrected chi connectivity index (χ1v) is 29.4. The van der Waals surface area contributed by atoms with Crippen molar-refractivity contribution in [3.8, 4) is 0 Å². The molecule has 2 fully saturated rings. The van der Waals surface area contributed by atoms with Crippen molar-refractivity contribution in [1.82, 2.24) is 71.3 Å². The number of nitrogens with zero attached hydrogens (tertiary/aromatic N) is 16. The maximum absolute atomic E-state index is 12.2. The molecule has 0 spiro atoms. The molecule has 5 amide bonds. The van der Waals surface area contributed by atoms with Crippen molar-refractivity contribution in [2.24, 2.45) is 40.2 Å². The Morgan fingerprint density at radius 2 is 1.10 bits per heavy atom. The van der Waals surface area contributed by atoms with E-state index in [0.717, 1.165) is 174 Å². The Morgan fingerprint density at radius 3 is 1.65 bits per heavy atom. The molecule has 0 saturated carbocycles. The van der Waals surface area contributed by atoms with Crippen molar-refractivity contribution in [2.75, 3.05) is 27.7 Å². The van der Waals surface area contributed by atoms with Gasteiger partial charge in [0, 0.05) is 125 Å². The van der Waals surface area contributed by atoms with Crippen molar-refractivity contribution < 1.29 is 32.3 Å². The van der Waals surface area contributed by atoms with E-state index in [-0.39, 0.29) is 51.7 Å². The minimum atomic E-state index is -4.69. The number of aryl methyl sites for hydroxylation is 4. The summed E-state index contributed by atoms with van der Waals surface area (Å²) in [5.74, 6) is 0.771. The first-order chi connectivity index (χ1) is 39.8. The Kier molecular flexibility index (Phi) is 21.1. The van der Waals surface area contributed by atoms with Crippen LogP contribution in [0.15, 0.2) is 51.0 Å². The van der Waals surface area contributed by atoms with Crippen LogP contribution < -0.4 is 38.0 Å². The molecule has 0 radical (unpaired) electrons. The molecule has 1 atom stereocenters. The molecule has 6 aliphatic heterocycles. The van der Waals surface area contributed by atoms with E-state index < -0.39 is 23.1 Å². The highest BCUT2D eigenvalue weighted by atomic mass is 35.5. The number of aromatic nitrogens is 12. The Morgan fingerprint density at radius 1 is 0.560 bits per heavy atom.